The molecule has 2 heterocycles. The molecule has 2 aliphatic carbocycles. The van der Waals surface area contributed by atoms with E-state index in [9.17, 15) is 9.59 Å². The molecule has 7 heteroatoms. The molecule has 2 fully saturated rings. The molecule has 6 nitrogen and oxygen atoms in total. The van der Waals surface area contributed by atoms with Gasteiger partial charge in [0.2, 0.25) is 11.8 Å². The molecule has 0 bridgehead atoms. The van der Waals surface area contributed by atoms with Crippen molar-refractivity contribution in [3.05, 3.63) is 51.5 Å². The minimum absolute atomic E-state index is 0.0224. The lowest BCUT2D eigenvalue weighted by atomic mass is 9.83. The van der Waals surface area contributed by atoms with E-state index in [1.807, 2.05) is 23.2 Å². The van der Waals surface area contributed by atoms with E-state index in [0.29, 0.717) is 5.92 Å². The standard InChI is InChI=1S/C29H40N4O2S/c1-19(30-2)27(34)32-25(21-13-7-4-8-14-21)29(35)33-18-10-17-24(33)28-31-23-16-9-15-22(26(23)36-28)20-11-5-3-6-12-20/h3,5-6,11-12,19,21-22,24-25,30H,4,7-10,13-18H2,1-2H3,(H,32,34)/t19?,22?,24?,25-/m0/s1. The van der Waals surface area contributed by atoms with Crippen LogP contribution in [0.15, 0.2) is 30.3 Å². The minimum Gasteiger partial charge on any atom is -0.343 e. The summed E-state index contributed by atoms with van der Waals surface area (Å²) in [5.41, 5.74) is 2.60. The quantitative estimate of drug-likeness (QED) is 0.555. The average Bonchev–Trinajstić information content (AvgIpc) is 3.59. The van der Waals surface area contributed by atoms with Gasteiger partial charge in [-0.25, -0.2) is 4.98 Å². The molecule has 5 rings (SSSR count). The Balaban J connectivity index is 1.39. The van der Waals surface area contributed by atoms with Gasteiger partial charge < -0.3 is 15.5 Å². The predicted molar refractivity (Wildman–Crippen MR) is 144 cm³/mol. The lowest BCUT2D eigenvalue weighted by Gasteiger charge is -2.35. The maximum absolute atomic E-state index is 14.1. The zero-order valence-corrected chi connectivity index (χ0v) is 22.5. The molecule has 3 aliphatic rings. The van der Waals surface area contributed by atoms with Gasteiger partial charge in [-0.3, -0.25) is 9.59 Å². The van der Waals surface area contributed by atoms with Crippen LogP contribution in [-0.4, -0.2) is 47.4 Å². The third kappa shape index (κ3) is 5.23. The number of carbonyl (C=O) groups is 2. The third-order valence-corrected chi connectivity index (χ3v) is 9.81. The molecule has 1 aromatic carbocycles. The first kappa shape index (κ1) is 25.4. The van der Waals surface area contributed by atoms with E-state index >= 15 is 0 Å². The number of nitrogens with zero attached hydrogens (tertiary/aromatic N) is 2. The smallest absolute Gasteiger partial charge is 0.246 e. The first-order chi connectivity index (χ1) is 17.6. The summed E-state index contributed by atoms with van der Waals surface area (Å²) in [6.45, 7) is 2.59. The van der Waals surface area contributed by atoms with Crippen molar-refractivity contribution < 1.29 is 9.59 Å². The molecule has 4 atom stereocenters. The molecule has 36 heavy (non-hydrogen) atoms. The molecule has 2 N–H and O–H groups in total. The minimum atomic E-state index is -0.444. The largest absolute Gasteiger partial charge is 0.343 e. The summed E-state index contributed by atoms with van der Waals surface area (Å²) in [4.78, 5) is 35.5. The Labute approximate surface area is 219 Å². The summed E-state index contributed by atoms with van der Waals surface area (Å²) in [5.74, 6) is 0.623. The van der Waals surface area contributed by atoms with E-state index in [0.717, 1.165) is 69.3 Å². The Morgan fingerprint density at radius 3 is 2.56 bits per heavy atom. The van der Waals surface area contributed by atoms with Gasteiger partial charge >= 0.3 is 0 Å². The highest BCUT2D eigenvalue weighted by atomic mass is 32.1. The van der Waals surface area contributed by atoms with Crippen LogP contribution in [0.25, 0.3) is 0 Å². The third-order valence-electron chi connectivity index (χ3n) is 8.50. The van der Waals surface area contributed by atoms with Crippen LogP contribution in [-0.2, 0) is 16.0 Å². The fourth-order valence-electron chi connectivity index (χ4n) is 6.31. The number of hydrogen-bond acceptors (Lipinski definition) is 5. The van der Waals surface area contributed by atoms with Crippen LogP contribution in [0.4, 0.5) is 0 Å². The average molecular weight is 509 g/mol. The van der Waals surface area contributed by atoms with Crippen LogP contribution in [0.5, 0.6) is 0 Å². The Morgan fingerprint density at radius 1 is 1.03 bits per heavy atom. The molecular formula is C29H40N4O2S. The number of aromatic nitrogens is 1. The summed E-state index contributed by atoms with van der Waals surface area (Å²) in [7, 11) is 1.78. The Kier molecular flexibility index (Phi) is 8.06. The summed E-state index contributed by atoms with van der Waals surface area (Å²) in [6, 6.07) is 10.0. The summed E-state index contributed by atoms with van der Waals surface area (Å²) in [5, 5.41) is 7.26. The van der Waals surface area contributed by atoms with Crippen LogP contribution in [0.3, 0.4) is 0 Å². The lowest BCUT2D eigenvalue weighted by Crippen LogP contribution is -2.55. The second-order valence-electron chi connectivity index (χ2n) is 10.8. The number of nitrogens with one attached hydrogen (secondary N) is 2. The van der Waals surface area contributed by atoms with Gasteiger partial charge in [-0.15, -0.1) is 11.3 Å². The number of hydrogen-bond donors (Lipinski definition) is 2. The van der Waals surface area contributed by atoms with Crippen molar-refractivity contribution in [3.63, 3.8) is 0 Å². The van der Waals surface area contributed by atoms with Crippen LogP contribution in [0, 0.1) is 5.92 Å². The first-order valence-corrected chi connectivity index (χ1v) is 14.7. The summed E-state index contributed by atoms with van der Waals surface area (Å²) < 4.78 is 0. The van der Waals surface area contributed by atoms with Crippen LogP contribution >= 0.6 is 11.3 Å². The van der Waals surface area contributed by atoms with Crippen LogP contribution in [0.1, 0.15) is 97.8 Å². The number of likely N-dealkylation sites (N-methyl/N-ethyl adjacent to an activating group) is 1. The van der Waals surface area contributed by atoms with Gasteiger partial charge in [0.25, 0.3) is 0 Å². The molecule has 194 valence electrons. The number of thiazole rings is 1. The van der Waals surface area contributed by atoms with Gasteiger partial charge in [0.05, 0.1) is 17.8 Å². The number of likely N-dealkylation sites (tertiary alicyclic amines) is 1. The van der Waals surface area contributed by atoms with Gasteiger partial charge in [-0.05, 0) is 70.4 Å². The molecule has 1 saturated heterocycles. The van der Waals surface area contributed by atoms with Gasteiger partial charge in [-0.2, -0.15) is 0 Å². The van der Waals surface area contributed by atoms with Crippen LogP contribution < -0.4 is 10.6 Å². The SMILES string of the molecule is CNC(C)C(=O)N[C@H](C(=O)N1CCCC1c1nc2c(s1)C(c1ccccc1)CCC2)C1CCCCC1. The molecule has 1 aliphatic heterocycles. The second kappa shape index (κ2) is 11.4. The molecule has 3 unspecified atom stereocenters. The van der Waals surface area contributed by atoms with Crippen molar-refractivity contribution in [2.45, 2.75) is 95.2 Å². The maximum Gasteiger partial charge on any atom is 0.246 e. The van der Waals surface area contributed by atoms with Crippen molar-refractivity contribution >= 4 is 23.2 Å². The zero-order chi connectivity index (χ0) is 25.1. The topological polar surface area (TPSA) is 74.3 Å². The van der Waals surface area contributed by atoms with Crippen molar-refractivity contribution in [2.75, 3.05) is 13.6 Å². The van der Waals surface area contributed by atoms with E-state index in [1.54, 1.807) is 7.05 Å². The second-order valence-corrected chi connectivity index (χ2v) is 11.9. The Morgan fingerprint density at radius 2 is 1.81 bits per heavy atom. The number of benzene rings is 1. The summed E-state index contributed by atoms with van der Waals surface area (Å²) >= 11 is 1.82. The van der Waals surface area contributed by atoms with Gasteiger partial charge in [0.1, 0.15) is 11.0 Å². The highest BCUT2D eigenvalue weighted by molar-refractivity contribution is 7.12. The monoisotopic (exact) mass is 508 g/mol. The fraction of sp³-hybridized carbons (Fsp3) is 0.621. The van der Waals surface area contributed by atoms with Crippen molar-refractivity contribution in [1.82, 2.24) is 20.5 Å². The molecule has 0 spiro atoms. The number of amides is 2. The van der Waals surface area contributed by atoms with Crippen molar-refractivity contribution in [2.24, 2.45) is 5.92 Å². The highest BCUT2D eigenvalue weighted by Gasteiger charge is 2.40. The summed E-state index contributed by atoms with van der Waals surface area (Å²) in [6.07, 6.45) is 10.8. The fourth-order valence-corrected chi connectivity index (χ4v) is 7.73. The molecular weight excluding hydrogens is 468 g/mol. The van der Waals surface area contributed by atoms with E-state index in [2.05, 4.69) is 41.0 Å². The van der Waals surface area contributed by atoms with Gasteiger partial charge in [-0.1, -0.05) is 49.6 Å². The van der Waals surface area contributed by atoms with E-state index in [-0.39, 0.29) is 29.8 Å². The van der Waals surface area contributed by atoms with E-state index < -0.39 is 6.04 Å². The normalized spacial score (nSPS) is 24.2. The number of carbonyl (C=O) groups excluding carboxylic acids is 2. The van der Waals surface area contributed by atoms with Crippen LogP contribution in [0.2, 0.25) is 0 Å². The lowest BCUT2D eigenvalue weighted by molar-refractivity contribution is -0.139. The number of rotatable bonds is 7. The Hall–Kier alpha value is -2.25. The van der Waals surface area contributed by atoms with E-state index in [4.69, 9.17) is 4.98 Å². The van der Waals surface area contributed by atoms with Gasteiger partial charge in [0, 0.05) is 17.3 Å². The molecule has 1 aromatic heterocycles. The van der Waals surface area contributed by atoms with E-state index in [1.165, 1.54) is 22.6 Å². The molecule has 2 amide bonds. The molecule has 1 saturated carbocycles. The number of aryl methyl sites for hydroxylation is 1. The molecule has 2 aromatic rings. The number of fused-ring (bicyclic) bond motifs is 1. The first-order valence-electron chi connectivity index (χ1n) is 13.9. The highest BCUT2D eigenvalue weighted by Crippen LogP contribution is 2.44. The molecule has 0 radical (unpaired) electrons. The Bertz CT molecular complexity index is 1050. The maximum atomic E-state index is 14.1. The van der Waals surface area contributed by atoms with Crippen molar-refractivity contribution in [1.29, 1.82) is 0 Å². The predicted octanol–water partition coefficient (Wildman–Crippen LogP) is 4.95. The van der Waals surface area contributed by atoms with Crippen molar-refractivity contribution in [3.8, 4) is 0 Å². The van der Waals surface area contributed by atoms with Gasteiger partial charge in [0.15, 0.2) is 0 Å². The zero-order valence-electron chi connectivity index (χ0n) is 21.7.